The van der Waals surface area contributed by atoms with E-state index < -0.39 is 0 Å². The third-order valence-electron chi connectivity index (χ3n) is 6.18. The Balaban J connectivity index is 1.38. The summed E-state index contributed by atoms with van der Waals surface area (Å²) >= 11 is 0. The van der Waals surface area contributed by atoms with Crippen LogP contribution < -0.4 is 5.32 Å². The fourth-order valence-corrected chi connectivity index (χ4v) is 4.28. The third kappa shape index (κ3) is 5.98. The number of hydrogen-bond donors (Lipinski definition) is 1. The molecule has 5 nitrogen and oxygen atoms in total. The van der Waals surface area contributed by atoms with Gasteiger partial charge in [0, 0.05) is 38.3 Å². The van der Waals surface area contributed by atoms with Crippen molar-refractivity contribution >= 4 is 17.6 Å². The Morgan fingerprint density at radius 3 is 2.29 bits per heavy atom. The first-order valence-electron chi connectivity index (χ1n) is 11.1. The fraction of sp³-hybridized carbons (Fsp3) is 0.652. The molecule has 1 saturated heterocycles. The molecule has 0 aromatic heterocycles. The number of hydrogen-bond acceptors (Lipinski definition) is 2. The summed E-state index contributed by atoms with van der Waals surface area (Å²) in [5, 5.41) is 2.98. The van der Waals surface area contributed by atoms with Crippen LogP contribution in [0.5, 0.6) is 0 Å². The van der Waals surface area contributed by atoms with E-state index in [-0.39, 0.29) is 11.9 Å². The van der Waals surface area contributed by atoms with Crippen LogP contribution in [0.25, 0.3) is 0 Å². The SMILES string of the molecule is CCCCc1ccc(NC(=O)N2CCN(C(=O)CCC3CCCC3)CC2)cc1. The molecule has 28 heavy (non-hydrogen) atoms. The molecule has 0 spiro atoms. The van der Waals surface area contributed by atoms with E-state index in [1.165, 1.54) is 44.1 Å². The Kier molecular flexibility index (Phi) is 7.75. The van der Waals surface area contributed by atoms with Crippen LogP contribution in [-0.4, -0.2) is 47.9 Å². The number of carbonyl (C=O) groups excluding carboxylic acids is 2. The summed E-state index contributed by atoms with van der Waals surface area (Å²) in [6, 6.07) is 8.06. The number of amides is 3. The standard InChI is InChI=1S/C23H35N3O2/c1-2-3-6-20-9-12-21(13-10-20)24-23(28)26-17-15-25(16-18-26)22(27)14-11-19-7-4-5-8-19/h9-10,12-13,19H,2-8,11,14-18H2,1H3,(H,24,28). The maximum Gasteiger partial charge on any atom is 0.321 e. The van der Waals surface area contributed by atoms with Crippen molar-refractivity contribution in [1.29, 1.82) is 0 Å². The average molecular weight is 386 g/mol. The molecule has 1 aliphatic carbocycles. The first kappa shape index (κ1) is 20.7. The number of piperazine rings is 1. The number of nitrogens with zero attached hydrogens (tertiary/aromatic N) is 2. The Morgan fingerprint density at radius 2 is 1.64 bits per heavy atom. The second kappa shape index (κ2) is 10.5. The highest BCUT2D eigenvalue weighted by Crippen LogP contribution is 2.28. The minimum Gasteiger partial charge on any atom is -0.339 e. The number of aryl methyl sites for hydroxylation is 1. The highest BCUT2D eigenvalue weighted by atomic mass is 16.2. The Hall–Kier alpha value is -2.04. The van der Waals surface area contributed by atoms with Gasteiger partial charge in [-0.1, -0.05) is 51.2 Å². The smallest absolute Gasteiger partial charge is 0.321 e. The van der Waals surface area contributed by atoms with Crippen molar-refractivity contribution < 1.29 is 9.59 Å². The normalized spacial score (nSPS) is 17.8. The van der Waals surface area contributed by atoms with Crippen LogP contribution in [0.2, 0.25) is 0 Å². The van der Waals surface area contributed by atoms with Crippen molar-refractivity contribution in [3.05, 3.63) is 29.8 Å². The summed E-state index contributed by atoms with van der Waals surface area (Å²) in [6.45, 7) is 4.70. The van der Waals surface area contributed by atoms with Crippen molar-refractivity contribution in [2.24, 2.45) is 5.92 Å². The Labute approximate surface area is 169 Å². The maximum absolute atomic E-state index is 12.5. The van der Waals surface area contributed by atoms with Gasteiger partial charge in [-0.05, 0) is 42.9 Å². The van der Waals surface area contributed by atoms with Gasteiger partial charge in [-0.3, -0.25) is 4.79 Å². The van der Waals surface area contributed by atoms with Crippen molar-refractivity contribution in [3.63, 3.8) is 0 Å². The average Bonchev–Trinajstić information content (AvgIpc) is 3.25. The molecule has 0 unspecified atom stereocenters. The van der Waals surface area contributed by atoms with E-state index in [0.717, 1.165) is 24.4 Å². The van der Waals surface area contributed by atoms with Gasteiger partial charge in [0.05, 0.1) is 0 Å². The molecule has 154 valence electrons. The predicted molar refractivity (Wildman–Crippen MR) is 113 cm³/mol. The second-order valence-corrected chi connectivity index (χ2v) is 8.29. The molecule has 0 atom stereocenters. The minimum atomic E-state index is -0.0700. The van der Waals surface area contributed by atoms with E-state index in [0.29, 0.717) is 32.6 Å². The summed E-state index contributed by atoms with van der Waals surface area (Å²) < 4.78 is 0. The first-order valence-corrected chi connectivity index (χ1v) is 11.1. The summed E-state index contributed by atoms with van der Waals surface area (Å²) in [4.78, 5) is 28.7. The molecule has 1 aromatic rings. The van der Waals surface area contributed by atoms with Gasteiger partial charge >= 0.3 is 6.03 Å². The number of benzene rings is 1. The van der Waals surface area contributed by atoms with Gasteiger partial charge in [0.15, 0.2) is 0 Å². The number of urea groups is 1. The van der Waals surface area contributed by atoms with Gasteiger partial charge in [-0.2, -0.15) is 0 Å². The van der Waals surface area contributed by atoms with Crippen LogP contribution in [0.4, 0.5) is 10.5 Å². The minimum absolute atomic E-state index is 0.0700. The van der Waals surface area contributed by atoms with Crippen LogP contribution in [0.1, 0.15) is 63.9 Å². The first-order chi connectivity index (χ1) is 13.7. The van der Waals surface area contributed by atoms with E-state index >= 15 is 0 Å². The Bertz CT molecular complexity index is 630. The molecule has 2 fully saturated rings. The summed E-state index contributed by atoms with van der Waals surface area (Å²) in [5.41, 5.74) is 2.14. The van der Waals surface area contributed by atoms with Crippen molar-refractivity contribution in [2.75, 3.05) is 31.5 Å². The highest BCUT2D eigenvalue weighted by Gasteiger charge is 2.25. The van der Waals surface area contributed by atoms with Crippen molar-refractivity contribution in [2.45, 2.75) is 64.7 Å². The molecule has 1 aromatic carbocycles. The fourth-order valence-electron chi connectivity index (χ4n) is 4.28. The molecule has 1 N–H and O–H groups in total. The number of rotatable bonds is 7. The lowest BCUT2D eigenvalue weighted by Crippen LogP contribution is -2.51. The molecular formula is C23H35N3O2. The molecule has 2 aliphatic rings. The summed E-state index contributed by atoms with van der Waals surface area (Å²) in [6.07, 6.45) is 10.4. The van der Waals surface area contributed by atoms with E-state index in [1.807, 2.05) is 21.9 Å². The predicted octanol–water partition coefficient (Wildman–Crippen LogP) is 4.68. The lowest BCUT2D eigenvalue weighted by molar-refractivity contribution is -0.132. The molecule has 1 aliphatic heterocycles. The van der Waals surface area contributed by atoms with Gasteiger partial charge in [0.25, 0.3) is 0 Å². The van der Waals surface area contributed by atoms with Crippen molar-refractivity contribution in [3.8, 4) is 0 Å². The van der Waals surface area contributed by atoms with Crippen molar-refractivity contribution in [1.82, 2.24) is 9.80 Å². The quantitative estimate of drug-likeness (QED) is 0.741. The topological polar surface area (TPSA) is 52.7 Å². The Morgan fingerprint density at radius 1 is 1.00 bits per heavy atom. The number of anilines is 1. The zero-order chi connectivity index (χ0) is 19.8. The molecule has 0 radical (unpaired) electrons. The van der Waals surface area contributed by atoms with Gasteiger partial charge in [-0.25, -0.2) is 4.79 Å². The maximum atomic E-state index is 12.5. The van der Waals surface area contributed by atoms with Crippen LogP contribution in [-0.2, 0) is 11.2 Å². The van der Waals surface area contributed by atoms with Crippen LogP contribution >= 0.6 is 0 Å². The highest BCUT2D eigenvalue weighted by molar-refractivity contribution is 5.89. The van der Waals surface area contributed by atoms with Crippen LogP contribution in [0, 0.1) is 5.92 Å². The number of carbonyl (C=O) groups is 2. The summed E-state index contributed by atoms with van der Waals surface area (Å²) in [5.74, 6) is 1.01. The molecule has 0 bridgehead atoms. The van der Waals surface area contributed by atoms with E-state index in [2.05, 4.69) is 24.4 Å². The number of nitrogens with one attached hydrogen (secondary N) is 1. The zero-order valence-corrected chi connectivity index (χ0v) is 17.3. The van der Waals surface area contributed by atoms with Gasteiger partial charge in [0.2, 0.25) is 5.91 Å². The molecule has 3 rings (SSSR count). The molecular weight excluding hydrogens is 350 g/mol. The second-order valence-electron chi connectivity index (χ2n) is 8.29. The van der Waals surface area contributed by atoms with Gasteiger partial charge in [0.1, 0.15) is 0 Å². The van der Waals surface area contributed by atoms with E-state index in [4.69, 9.17) is 0 Å². The van der Waals surface area contributed by atoms with Crippen LogP contribution in [0.3, 0.4) is 0 Å². The molecule has 1 saturated carbocycles. The number of unbranched alkanes of at least 4 members (excludes halogenated alkanes) is 1. The largest absolute Gasteiger partial charge is 0.339 e. The van der Waals surface area contributed by atoms with Gasteiger partial charge in [-0.15, -0.1) is 0 Å². The van der Waals surface area contributed by atoms with Crippen LogP contribution in [0.15, 0.2) is 24.3 Å². The monoisotopic (exact) mass is 385 g/mol. The molecule has 5 heteroatoms. The summed E-state index contributed by atoms with van der Waals surface area (Å²) in [7, 11) is 0. The van der Waals surface area contributed by atoms with Gasteiger partial charge < -0.3 is 15.1 Å². The third-order valence-corrected chi connectivity index (χ3v) is 6.18. The van der Waals surface area contributed by atoms with E-state index in [9.17, 15) is 9.59 Å². The molecule has 1 heterocycles. The van der Waals surface area contributed by atoms with E-state index in [1.54, 1.807) is 0 Å². The lowest BCUT2D eigenvalue weighted by Gasteiger charge is -2.35. The lowest BCUT2D eigenvalue weighted by atomic mass is 10.0. The zero-order valence-electron chi connectivity index (χ0n) is 17.3. The molecule has 3 amide bonds.